The summed E-state index contributed by atoms with van der Waals surface area (Å²) in [6.07, 6.45) is 0. The van der Waals surface area contributed by atoms with Crippen molar-refractivity contribution in [2.45, 2.75) is 31.2 Å². The van der Waals surface area contributed by atoms with E-state index in [1.165, 1.54) is 28.6 Å². The predicted molar refractivity (Wildman–Crippen MR) is 94.7 cm³/mol. The SMILES string of the molecule is Cc1ccc(C(=O)[C@H](C)Sc2nnnn2-c2cccc(F)c2)cc1C. The molecule has 128 valence electrons. The number of Topliss-reactive ketones (excluding diaryl/α,β-unsaturated/α-hetero) is 1. The summed E-state index contributed by atoms with van der Waals surface area (Å²) in [4.78, 5) is 12.7. The normalized spacial score (nSPS) is 12.2. The number of aromatic nitrogens is 4. The van der Waals surface area contributed by atoms with Gasteiger partial charge in [0.25, 0.3) is 0 Å². The first-order chi connectivity index (χ1) is 12.0. The maximum Gasteiger partial charge on any atom is 0.214 e. The van der Waals surface area contributed by atoms with Crippen LogP contribution in [0.25, 0.3) is 5.69 Å². The molecule has 5 nitrogen and oxygen atoms in total. The monoisotopic (exact) mass is 356 g/mol. The number of ketones is 1. The van der Waals surface area contributed by atoms with Crippen molar-refractivity contribution in [3.05, 3.63) is 65.0 Å². The number of nitrogens with zero attached hydrogens (tertiary/aromatic N) is 4. The van der Waals surface area contributed by atoms with Gasteiger partial charge in [-0.05, 0) is 66.6 Å². The summed E-state index contributed by atoms with van der Waals surface area (Å²) in [6, 6.07) is 11.7. The van der Waals surface area contributed by atoms with Crippen LogP contribution in [0.1, 0.15) is 28.4 Å². The van der Waals surface area contributed by atoms with E-state index < -0.39 is 0 Å². The third-order valence-electron chi connectivity index (χ3n) is 3.94. The van der Waals surface area contributed by atoms with Gasteiger partial charge in [0.2, 0.25) is 5.16 Å². The minimum atomic E-state index is -0.375. The second-order valence-corrected chi connectivity index (χ2v) is 7.08. The fourth-order valence-electron chi connectivity index (χ4n) is 2.36. The molecular weight excluding hydrogens is 339 g/mol. The summed E-state index contributed by atoms with van der Waals surface area (Å²) >= 11 is 1.25. The van der Waals surface area contributed by atoms with Crippen LogP contribution in [0.15, 0.2) is 47.6 Å². The zero-order valence-electron chi connectivity index (χ0n) is 14.1. The summed E-state index contributed by atoms with van der Waals surface area (Å²) in [6.45, 7) is 5.80. The third-order valence-corrected chi connectivity index (χ3v) is 4.97. The summed E-state index contributed by atoms with van der Waals surface area (Å²) < 4.78 is 14.9. The van der Waals surface area contributed by atoms with Crippen molar-refractivity contribution in [2.24, 2.45) is 0 Å². The summed E-state index contributed by atoms with van der Waals surface area (Å²) in [5.41, 5.74) is 3.39. The minimum Gasteiger partial charge on any atom is -0.293 e. The Balaban J connectivity index is 1.82. The lowest BCUT2D eigenvalue weighted by molar-refractivity contribution is 0.0993. The van der Waals surface area contributed by atoms with Crippen LogP contribution in [0.2, 0.25) is 0 Å². The number of thioether (sulfide) groups is 1. The summed E-state index contributed by atoms with van der Waals surface area (Å²) in [7, 11) is 0. The van der Waals surface area contributed by atoms with Gasteiger partial charge in [0, 0.05) is 5.56 Å². The number of benzene rings is 2. The first-order valence-electron chi connectivity index (χ1n) is 7.78. The van der Waals surface area contributed by atoms with Gasteiger partial charge in [-0.25, -0.2) is 4.39 Å². The standard InChI is InChI=1S/C18H17FN4OS/c1-11-7-8-14(9-12(11)2)17(24)13(3)25-18-20-21-22-23(18)16-6-4-5-15(19)10-16/h4-10,13H,1-3H3/t13-/m0/s1. The Morgan fingerprint density at radius 1 is 1.16 bits per heavy atom. The topological polar surface area (TPSA) is 60.7 Å². The van der Waals surface area contributed by atoms with Crippen molar-refractivity contribution in [2.75, 3.05) is 0 Å². The Kier molecular flexibility index (Phi) is 4.94. The molecule has 0 aliphatic rings. The summed E-state index contributed by atoms with van der Waals surface area (Å²) in [5.74, 6) is -0.370. The highest BCUT2D eigenvalue weighted by Gasteiger charge is 2.21. The number of hydrogen-bond donors (Lipinski definition) is 0. The maximum absolute atomic E-state index is 13.4. The Bertz CT molecular complexity index is 925. The van der Waals surface area contributed by atoms with Crippen LogP contribution >= 0.6 is 11.8 Å². The number of tetrazole rings is 1. The molecule has 2 aromatic carbocycles. The third kappa shape index (κ3) is 3.76. The molecule has 3 rings (SSSR count). The van der Waals surface area contributed by atoms with Crippen molar-refractivity contribution < 1.29 is 9.18 Å². The van der Waals surface area contributed by atoms with Crippen LogP contribution in [0.4, 0.5) is 4.39 Å². The minimum absolute atomic E-state index is 0.00175. The molecule has 1 aromatic heterocycles. The second kappa shape index (κ2) is 7.14. The van der Waals surface area contributed by atoms with Crippen LogP contribution in [0, 0.1) is 19.7 Å². The Morgan fingerprint density at radius 3 is 2.68 bits per heavy atom. The van der Waals surface area contributed by atoms with Crippen LogP contribution in [-0.2, 0) is 0 Å². The molecule has 0 aliphatic carbocycles. The molecule has 0 unspecified atom stereocenters. The maximum atomic E-state index is 13.4. The van der Waals surface area contributed by atoms with Crippen LogP contribution in [0.5, 0.6) is 0 Å². The van der Waals surface area contributed by atoms with Gasteiger partial charge in [-0.15, -0.1) is 5.10 Å². The van der Waals surface area contributed by atoms with Gasteiger partial charge in [0.15, 0.2) is 5.78 Å². The molecule has 1 atom stereocenters. The molecule has 0 bridgehead atoms. The second-order valence-electron chi connectivity index (χ2n) is 5.78. The zero-order chi connectivity index (χ0) is 18.0. The van der Waals surface area contributed by atoms with E-state index in [4.69, 9.17) is 0 Å². The smallest absolute Gasteiger partial charge is 0.214 e. The lowest BCUT2D eigenvalue weighted by Gasteiger charge is -2.11. The van der Waals surface area contributed by atoms with Gasteiger partial charge >= 0.3 is 0 Å². The fraction of sp³-hybridized carbons (Fsp3) is 0.222. The number of aryl methyl sites for hydroxylation is 2. The van der Waals surface area contributed by atoms with E-state index in [0.29, 0.717) is 16.4 Å². The van der Waals surface area contributed by atoms with Crippen molar-refractivity contribution in [3.63, 3.8) is 0 Å². The summed E-state index contributed by atoms with van der Waals surface area (Å²) in [5, 5.41) is 11.6. The molecule has 0 saturated carbocycles. The van der Waals surface area contributed by atoms with E-state index >= 15 is 0 Å². The zero-order valence-corrected chi connectivity index (χ0v) is 14.9. The molecule has 1 heterocycles. The highest BCUT2D eigenvalue weighted by molar-refractivity contribution is 8.00. The van der Waals surface area contributed by atoms with Crippen molar-refractivity contribution in [1.29, 1.82) is 0 Å². The van der Waals surface area contributed by atoms with Gasteiger partial charge < -0.3 is 0 Å². The molecule has 0 amide bonds. The molecule has 25 heavy (non-hydrogen) atoms. The molecule has 7 heteroatoms. The molecule has 0 aliphatic heterocycles. The van der Waals surface area contributed by atoms with Crippen LogP contribution < -0.4 is 0 Å². The molecule has 0 spiro atoms. The van der Waals surface area contributed by atoms with E-state index in [1.807, 2.05) is 39.0 Å². The van der Waals surface area contributed by atoms with Crippen LogP contribution in [-0.4, -0.2) is 31.2 Å². The Morgan fingerprint density at radius 2 is 1.96 bits per heavy atom. The van der Waals surface area contributed by atoms with E-state index in [2.05, 4.69) is 15.5 Å². The number of halogens is 1. The number of rotatable bonds is 5. The lowest BCUT2D eigenvalue weighted by atomic mass is 10.0. The Labute approximate surface area is 149 Å². The van der Waals surface area contributed by atoms with Crippen molar-refractivity contribution >= 4 is 17.5 Å². The molecule has 3 aromatic rings. The lowest BCUT2D eigenvalue weighted by Crippen LogP contribution is -2.15. The molecule has 0 radical (unpaired) electrons. The van der Waals surface area contributed by atoms with Crippen molar-refractivity contribution in [1.82, 2.24) is 20.2 Å². The molecular formula is C18H17FN4OS. The average Bonchev–Trinajstić information content (AvgIpc) is 3.04. The quantitative estimate of drug-likeness (QED) is 0.514. The highest BCUT2D eigenvalue weighted by Crippen LogP contribution is 2.26. The van der Waals surface area contributed by atoms with Gasteiger partial charge in [0.05, 0.1) is 10.9 Å². The van der Waals surface area contributed by atoms with E-state index in [9.17, 15) is 9.18 Å². The number of carbonyl (C=O) groups excluding carboxylic acids is 1. The van der Waals surface area contributed by atoms with E-state index in [-0.39, 0.29) is 16.9 Å². The number of carbonyl (C=O) groups is 1. The Hall–Kier alpha value is -2.54. The number of hydrogen-bond acceptors (Lipinski definition) is 5. The average molecular weight is 356 g/mol. The molecule has 0 N–H and O–H groups in total. The van der Waals surface area contributed by atoms with Gasteiger partial charge in [-0.3, -0.25) is 4.79 Å². The van der Waals surface area contributed by atoms with Gasteiger partial charge in [0.1, 0.15) is 5.82 Å². The van der Waals surface area contributed by atoms with Crippen LogP contribution in [0.3, 0.4) is 0 Å². The van der Waals surface area contributed by atoms with Crippen molar-refractivity contribution in [3.8, 4) is 5.69 Å². The van der Waals surface area contributed by atoms with Gasteiger partial charge in [-0.1, -0.05) is 30.0 Å². The van der Waals surface area contributed by atoms with E-state index in [1.54, 1.807) is 12.1 Å². The predicted octanol–water partition coefficient (Wildman–Crippen LogP) is 3.78. The first kappa shape index (κ1) is 17.3. The van der Waals surface area contributed by atoms with E-state index in [0.717, 1.165) is 11.1 Å². The van der Waals surface area contributed by atoms with Gasteiger partial charge in [-0.2, -0.15) is 4.68 Å². The highest BCUT2D eigenvalue weighted by atomic mass is 32.2. The largest absolute Gasteiger partial charge is 0.293 e. The first-order valence-corrected chi connectivity index (χ1v) is 8.66. The molecule has 0 saturated heterocycles. The fourth-order valence-corrected chi connectivity index (χ4v) is 3.25. The molecule has 0 fully saturated rings.